The fourth-order valence-electron chi connectivity index (χ4n) is 1.37. The minimum Gasteiger partial charge on any atom is -0.295 e. The summed E-state index contributed by atoms with van der Waals surface area (Å²) in [6.07, 6.45) is 3.43. The Kier molecular flexibility index (Phi) is 3.32. The second kappa shape index (κ2) is 5.09. The van der Waals surface area contributed by atoms with Gasteiger partial charge in [0.15, 0.2) is 5.78 Å². The molecule has 0 fully saturated rings. The van der Waals surface area contributed by atoms with Crippen LogP contribution in [0.15, 0.2) is 48.8 Å². The minimum absolute atomic E-state index is 0.0665. The molecule has 2 aromatic rings. The third-order valence-corrected chi connectivity index (χ3v) is 2.30. The Bertz CT molecular complexity index is 574. The van der Waals surface area contributed by atoms with E-state index in [9.17, 15) is 4.79 Å². The molecule has 0 aliphatic heterocycles. The highest BCUT2D eigenvalue weighted by molar-refractivity contribution is 5.94. The van der Waals surface area contributed by atoms with E-state index in [0.29, 0.717) is 5.56 Å². The SMILES string of the molecule is CC(=O)c1ccc(C#Cc2cccnc2)cc1. The molecule has 0 atom stereocenters. The van der Waals surface area contributed by atoms with E-state index in [4.69, 9.17) is 0 Å². The Balaban J connectivity index is 2.20. The van der Waals surface area contributed by atoms with Gasteiger partial charge < -0.3 is 0 Å². The molecule has 0 saturated heterocycles. The first-order chi connectivity index (χ1) is 8.25. The molecule has 17 heavy (non-hydrogen) atoms. The normalized spacial score (nSPS) is 9.24. The first-order valence-corrected chi connectivity index (χ1v) is 5.29. The highest BCUT2D eigenvalue weighted by atomic mass is 16.1. The molecule has 1 heterocycles. The molecule has 0 unspecified atom stereocenters. The van der Waals surface area contributed by atoms with E-state index in [1.54, 1.807) is 31.5 Å². The number of aromatic nitrogens is 1. The Morgan fingerprint density at radius 3 is 2.35 bits per heavy atom. The van der Waals surface area contributed by atoms with Crippen molar-refractivity contribution in [1.82, 2.24) is 4.98 Å². The van der Waals surface area contributed by atoms with Crippen molar-refractivity contribution in [3.63, 3.8) is 0 Å². The fourth-order valence-corrected chi connectivity index (χ4v) is 1.37. The molecule has 2 rings (SSSR count). The van der Waals surface area contributed by atoms with Crippen LogP contribution in [0.3, 0.4) is 0 Å². The average Bonchev–Trinajstić information content (AvgIpc) is 2.38. The molecule has 1 aromatic carbocycles. The number of nitrogens with zero attached hydrogens (tertiary/aromatic N) is 1. The van der Waals surface area contributed by atoms with E-state index in [1.807, 2.05) is 24.3 Å². The summed E-state index contributed by atoms with van der Waals surface area (Å²) >= 11 is 0. The van der Waals surface area contributed by atoms with E-state index in [0.717, 1.165) is 11.1 Å². The Hall–Kier alpha value is -2.40. The van der Waals surface area contributed by atoms with Gasteiger partial charge in [-0.25, -0.2) is 0 Å². The lowest BCUT2D eigenvalue weighted by atomic mass is 10.1. The third kappa shape index (κ3) is 3.02. The van der Waals surface area contributed by atoms with Gasteiger partial charge in [0.1, 0.15) is 0 Å². The van der Waals surface area contributed by atoms with Gasteiger partial charge in [-0.2, -0.15) is 0 Å². The quantitative estimate of drug-likeness (QED) is 0.547. The summed E-state index contributed by atoms with van der Waals surface area (Å²) in [6.45, 7) is 1.55. The summed E-state index contributed by atoms with van der Waals surface area (Å²) in [5.41, 5.74) is 2.47. The highest BCUT2D eigenvalue weighted by Gasteiger charge is 1.96. The van der Waals surface area contributed by atoms with E-state index in [2.05, 4.69) is 16.8 Å². The molecule has 0 aliphatic carbocycles. The molecule has 0 aliphatic rings. The summed E-state index contributed by atoms with van der Waals surface area (Å²) in [5, 5.41) is 0. The van der Waals surface area contributed by atoms with Crippen LogP contribution < -0.4 is 0 Å². The molecule has 0 bridgehead atoms. The average molecular weight is 221 g/mol. The van der Waals surface area contributed by atoms with Crippen LogP contribution in [0.25, 0.3) is 0 Å². The lowest BCUT2D eigenvalue weighted by molar-refractivity contribution is 0.101. The van der Waals surface area contributed by atoms with Crippen molar-refractivity contribution in [2.24, 2.45) is 0 Å². The van der Waals surface area contributed by atoms with Crippen LogP contribution in [0.2, 0.25) is 0 Å². The van der Waals surface area contributed by atoms with Gasteiger partial charge in [0.05, 0.1) is 0 Å². The molecular weight excluding hydrogens is 210 g/mol. The number of benzene rings is 1. The molecule has 0 radical (unpaired) electrons. The number of hydrogen-bond donors (Lipinski definition) is 0. The molecule has 0 saturated carbocycles. The molecular formula is C15H11NO. The summed E-state index contributed by atoms with van der Waals surface area (Å²) in [6, 6.07) is 11.0. The van der Waals surface area contributed by atoms with Gasteiger partial charge in [-0.1, -0.05) is 24.0 Å². The molecule has 2 heteroatoms. The smallest absolute Gasteiger partial charge is 0.159 e. The number of ketones is 1. The van der Waals surface area contributed by atoms with Crippen LogP contribution in [0, 0.1) is 11.8 Å². The lowest BCUT2D eigenvalue weighted by Crippen LogP contribution is -1.90. The summed E-state index contributed by atoms with van der Waals surface area (Å²) in [7, 11) is 0. The van der Waals surface area contributed by atoms with E-state index in [1.165, 1.54) is 0 Å². The molecule has 1 aromatic heterocycles. The van der Waals surface area contributed by atoms with Crippen LogP contribution >= 0.6 is 0 Å². The maximum atomic E-state index is 11.1. The zero-order valence-electron chi connectivity index (χ0n) is 9.47. The number of carbonyl (C=O) groups excluding carboxylic acids is 1. The van der Waals surface area contributed by atoms with Crippen molar-refractivity contribution in [3.05, 3.63) is 65.5 Å². The van der Waals surface area contributed by atoms with Crippen LogP contribution in [0.5, 0.6) is 0 Å². The van der Waals surface area contributed by atoms with Crippen LogP contribution in [0.4, 0.5) is 0 Å². The van der Waals surface area contributed by atoms with Gasteiger partial charge >= 0.3 is 0 Å². The number of pyridine rings is 1. The minimum atomic E-state index is 0.0665. The molecule has 82 valence electrons. The molecule has 0 spiro atoms. The first-order valence-electron chi connectivity index (χ1n) is 5.29. The van der Waals surface area contributed by atoms with Gasteiger partial charge in [0.25, 0.3) is 0 Å². The topological polar surface area (TPSA) is 30.0 Å². The third-order valence-electron chi connectivity index (χ3n) is 2.30. The number of rotatable bonds is 1. The van der Waals surface area contributed by atoms with Crippen LogP contribution in [-0.4, -0.2) is 10.8 Å². The summed E-state index contributed by atoms with van der Waals surface area (Å²) in [5.74, 6) is 6.10. The van der Waals surface area contributed by atoms with Crippen molar-refractivity contribution >= 4 is 5.78 Å². The van der Waals surface area contributed by atoms with Crippen LogP contribution in [0.1, 0.15) is 28.4 Å². The van der Waals surface area contributed by atoms with Crippen molar-refractivity contribution in [2.45, 2.75) is 6.92 Å². The highest BCUT2D eigenvalue weighted by Crippen LogP contribution is 2.04. The second-order valence-corrected chi connectivity index (χ2v) is 3.63. The number of Topliss-reactive ketones (excluding diaryl/α,β-unsaturated/α-hetero) is 1. The number of hydrogen-bond acceptors (Lipinski definition) is 2. The van der Waals surface area contributed by atoms with Gasteiger partial charge in [-0.15, -0.1) is 0 Å². The van der Waals surface area contributed by atoms with Gasteiger partial charge in [0.2, 0.25) is 0 Å². The zero-order chi connectivity index (χ0) is 12.1. The van der Waals surface area contributed by atoms with E-state index in [-0.39, 0.29) is 5.78 Å². The number of carbonyl (C=O) groups is 1. The maximum Gasteiger partial charge on any atom is 0.159 e. The van der Waals surface area contributed by atoms with Crippen molar-refractivity contribution in [2.75, 3.05) is 0 Å². The van der Waals surface area contributed by atoms with Crippen molar-refractivity contribution in [1.29, 1.82) is 0 Å². The van der Waals surface area contributed by atoms with Gasteiger partial charge in [-0.3, -0.25) is 9.78 Å². The Morgan fingerprint density at radius 2 is 1.76 bits per heavy atom. The molecule has 0 amide bonds. The Morgan fingerprint density at radius 1 is 1.06 bits per heavy atom. The first kappa shape index (κ1) is 11.1. The van der Waals surface area contributed by atoms with Crippen molar-refractivity contribution < 1.29 is 4.79 Å². The standard InChI is InChI=1S/C15H11NO/c1-12(17)15-8-6-13(7-9-15)4-5-14-3-2-10-16-11-14/h2-3,6-11H,1H3. The summed E-state index contributed by atoms with van der Waals surface area (Å²) in [4.78, 5) is 15.1. The summed E-state index contributed by atoms with van der Waals surface area (Å²) < 4.78 is 0. The fraction of sp³-hybridized carbons (Fsp3) is 0.0667. The molecule has 0 N–H and O–H groups in total. The van der Waals surface area contributed by atoms with Gasteiger partial charge in [-0.05, 0) is 31.2 Å². The van der Waals surface area contributed by atoms with Crippen molar-refractivity contribution in [3.8, 4) is 11.8 Å². The predicted molar refractivity (Wildman–Crippen MR) is 66.7 cm³/mol. The monoisotopic (exact) mass is 221 g/mol. The molecule has 2 nitrogen and oxygen atoms in total. The van der Waals surface area contributed by atoms with Crippen LogP contribution in [-0.2, 0) is 0 Å². The predicted octanol–water partition coefficient (Wildman–Crippen LogP) is 2.68. The lowest BCUT2D eigenvalue weighted by Gasteiger charge is -1.94. The maximum absolute atomic E-state index is 11.1. The van der Waals surface area contributed by atoms with E-state index < -0.39 is 0 Å². The largest absolute Gasteiger partial charge is 0.295 e. The Labute approximate surface area is 100 Å². The van der Waals surface area contributed by atoms with E-state index >= 15 is 0 Å². The zero-order valence-corrected chi connectivity index (χ0v) is 9.47. The van der Waals surface area contributed by atoms with Gasteiger partial charge in [0, 0.05) is 29.1 Å². The second-order valence-electron chi connectivity index (χ2n) is 3.63.